The molecule has 0 spiro atoms. The number of terminal acetylenes is 1. The highest BCUT2D eigenvalue weighted by Crippen LogP contribution is 2.48. The number of para-hydroxylation sites is 2. The molecule has 0 aromatic heterocycles. The highest BCUT2D eigenvalue weighted by Gasteiger charge is 2.43. The third-order valence-electron chi connectivity index (χ3n) is 19.8. The molecule has 0 saturated heterocycles. The molecule has 0 saturated carbocycles. The maximum absolute atomic E-state index is 13.1. The van der Waals surface area contributed by atoms with E-state index in [1.807, 2.05) is 86.3 Å². The third-order valence-corrected chi connectivity index (χ3v) is 19.8. The van der Waals surface area contributed by atoms with Gasteiger partial charge in [0.2, 0.25) is 0 Å². The maximum atomic E-state index is 13.1. The Kier molecular flexibility index (Phi) is 32.5. The number of anilines is 2. The molecule has 3 aliphatic carbocycles. The molecular formula is C115H99N5O. The molecule has 121 heavy (non-hydrogen) atoms. The van der Waals surface area contributed by atoms with Crippen LogP contribution in [0.1, 0.15) is 244 Å². The molecule has 6 nitrogen and oxygen atoms in total. The minimum absolute atomic E-state index is 0.000417. The SMILES string of the molecule is C#CC#CC#CC#CC#CC#CC#CC#CC#CC#CC#CC#CC.CC(C)(C)C1C#CCCCCC1.CC(C)(C)C1Cc2ccccc2C#Cc2ccccc21.CC(C)(C)N1C(=O)c2ccccc2C#Cc2ccccc21.CC(C)(C)N1Cc2ccccc2C#Cc2ccccc21.CC(C)(C)N1N=NC2c3ccccc3C#Cc3ccccc3C21. The molecule has 3 aliphatic heterocycles. The zero-order valence-electron chi connectivity index (χ0n) is 72.5. The Labute approximate surface area is 723 Å². The first-order valence-electron chi connectivity index (χ1n) is 40.6. The number of amides is 1. The van der Waals surface area contributed by atoms with Crippen molar-refractivity contribution in [1.29, 1.82) is 0 Å². The van der Waals surface area contributed by atoms with E-state index in [9.17, 15) is 4.79 Å². The van der Waals surface area contributed by atoms with Gasteiger partial charge in [-0.15, -0.1) is 12.3 Å². The van der Waals surface area contributed by atoms with E-state index in [-0.39, 0.29) is 40.0 Å². The number of fused-ring (bicyclic) bond motifs is 11. The van der Waals surface area contributed by atoms with Crippen molar-refractivity contribution < 1.29 is 4.79 Å². The molecule has 8 aromatic rings. The molecule has 6 aliphatic rings. The molecule has 14 rings (SSSR count). The van der Waals surface area contributed by atoms with Crippen molar-refractivity contribution in [3.8, 4) is 202 Å². The zero-order valence-corrected chi connectivity index (χ0v) is 72.5. The van der Waals surface area contributed by atoms with Gasteiger partial charge in [-0.1, -0.05) is 246 Å². The van der Waals surface area contributed by atoms with Crippen LogP contribution in [0, 0.1) is 219 Å². The normalized spacial score (nSPS) is 14.7. The van der Waals surface area contributed by atoms with Gasteiger partial charge in [-0.2, -0.15) is 5.11 Å². The second kappa shape index (κ2) is 43.8. The second-order valence-electron chi connectivity index (χ2n) is 33.8. The van der Waals surface area contributed by atoms with Gasteiger partial charge < -0.3 is 9.80 Å². The summed E-state index contributed by atoms with van der Waals surface area (Å²) < 4.78 is 0. The van der Waals surface area contributed by atoms with Crippen molar-refractivity contribution in [2.45, 2.75) is 190 Å². The lowest BCUT2D eigenvalue weighted by Crippen LogP contribution is -2.46. The molecule has 8 aromatic carbocycles. The fourth-order valence-electron chi connectivity index (χ4n) is 13.8. The summed E-state index contributed by atoms with van der Waals surface area (Å²) in [6.07, 6.45) is 12.4. The Morgan fingerprint density at radius 2 is 0.777 bits per heavy atom. The maximum Gasteiger partial charge on any atom is 0.260 e. The first kappa shape index (κ1) is 89.9. The van der Waals surface area contributed by atoms with Crippen molar-refractivity contribution in [3.05, 3.63) is 272 Å². The molecule has 0 fully saturated rings. The second-order valence-corrected chi connectivity index (χ2v) is 33.8. The van der Waals surface area contributed by atoms with E-state index in [4.69, 9.17) is 6.42 Å². The summed E-state index contributed by atoms with van der Waals surface area (Å²) in [5, 5.41) is 11.3. The van der Waals surface area contributed by atoms with Crippen LogP contribution in [0.2, 0.25) is 0 Å². The van der Waals surface area contributed by atoms with Crippen LogP contribution in [0.25, 0.3) is 0 Å². The van der Waals surface area contributed by atoms with E-state index in [0.717, 1.165) is 64.0 Å². The molecule has 4 atom stereocenters. The summed E-state index contributed by atoms with van der Waals surface area (Å²) in [4.78, 5) is 17.3. The van der Waals surface area contributed by atoms with Crippen LogP contribution >= 0.6 is 0 Å². The van der Waals surface area contributed by atoms with Gasteiger partial charge >= 0.3 is 0 Å². The Bertz CT molecular complexity index is 6270. The average Bonchev–Trinajstić information content (AvgIpc) is 1.73. The number of hydrogen-bond donors (Lipinski definition) is 0. The van der Waals surface area contributed by atoms with E-state index in [1.165, 1.54) is 64.8 Å². The molecule has 4 unspecified atom stereocenters. The van der Waals surface area contributed by atoms with Crippen molar-refractivity contribution in [2.24, 2.45) is 27.1 Å². The van der Waals surface area contributed by atoms with Crippen LogP contribution in [0.3, 0.4) is 0 Å². The Morgan fingerprint density at radius 1 is 0.380 bits per heavy atom. The highest BCUT2D eigenvalue weighted by atomic mass is 16.2. The molecule has 1 amide bonds. The number of nitrogens with zero attached hydrogens (tertiary/aromatic N) is 5. The smallest absolute Gasteiger partial charge is 0.260 e. The van der Waals surface area contributed by atoms with Gasteiger partial charge in [0, 0.05) is 110 Å². The molecule has 0 N–H and O–H groups in total. The number of hydrogen-bond acceptors (Lipinski definition) is 5. The van der Waals surface area contributed by atoms with Gasteiger partial charge in [0.15, 0.2) is 0 Å². The topological polar surface area (TPSA) is 51.5 Å². The van der Waals surface area contributed by atoms with Crippen LogP contribution < -0.4 is 9.80 Å². The summed E-state index contributed by atoms with van der Waals surface area (Å²) in [6.45, 7) is 35.9. The monoisotopic (exact) mass is 1570 g/mol. The Hall–Kier alpha value is -15.1. The van der Waals surface area contributed by atoms with Gasteiger partial charge in [0.1, 0.15) is 12.1 Å². The van der Waals surface area contributed by atoms with Gasteiger partial charge in [0.05, 0.1) is 22.5 Å². The Balaban J connectivity index is 0.000000167. The molecule has 3 heterocycles. The molecule has 590 valence electrons. The van der Waals surface area contributed by atoms with Crippen molar-refractivity contribution in [3.63, 3.8) is 0 Å². The van der Waals surface area contributed by atoms with Gasteiger partial charge in [0.25, 0.3) is 5.91 Å². The minimum atomic E-state index is -0.320. The molecule has 0 radical (unpaired) electrons. The van der Waals surface area contributed by atoms with E-state index in [2.05, 4.69) is 432 Å². The minimum Gasteiger partial charge on any atom is -0.361 e. The predicted octanol–water partition coefficient (Wildman–Crippen LogP) is 21.8. The van der Waals surface area contributed by atoms with Crippen LogP contribution in [0.5, 0.6) is 0 Å². The largest absolute Gasteiger partial charge is 0.361 e. The van der Waals surface area contributed by atoms with Crippen LogP contribution in [-0.2, 0) is 13.0 Å². The lowest BCUT2D eigenvalue weighted by atomic mass is 9.71. The predicted molar refractivity (Wildman–Crippen MR) is 500 cm³/mol. The molecular weight excluding hydrogens is 1470 g/mol. The first-order valence-corrected chi connectivity index (χ1v) is 40.6. The number of carbonyl (C=O) groups excluding carboxylic acids is 1. The summed E-state index contributed by atoms with van der Waals surface area (Å²) >= 11 is 0. The lowest BCUT2D eigenvalue weighted by molar-refractivity contribution is 0.0964. The van der Waals surface area contributed by atoms with Crippen molar-refractivity contribution in [1.82, 2.24) is 5.01 Å². The van der Waals surface area contributed by atoms with E-state index < -0.39 is 0 Å². The van der Waals surface area contributed by atoms with E-state index in [1.54, 1.807) is 6.92 Å². The van der Waals surface area contributed by atoms with Gasteiger partial charge in [-0.3, -0.25) is 9.80 Å². The van der Waals surface area contributed by atoms with Crippen molar-refractivity contribution in [2.75, 3.05) is 9.80 Å². The molecule has 0 bridgehead atoms. The Morgan fingerprint density at radius 3 is 1.28 bits per heavy atom. The highest BCUT2D eigenvalue weighted by molar-refractivity contribution is 6.09. The van der Waals surface area contributed by atoms with Crippen LogP contribution in [0.15, 0.2) is 204 Å². The van der Waals surface area contributed by atoms with Crippen molar-refractivity contribution >= 4 is 17.3 Å². The average molecular weight is 1570 g/mol. The lowest BCUT2D eigenvalue weighted by Gasteiger charge is -2.39. The summed E-state index contributed by atoms with van der Waals surface area (Å²) in [7, 11) is 0. The zero-order chi connectivity index (χ0) is 86.7. The van der Waals surface area contributed by atoms with Crippen LogP contribution in [-0.4, -0.2) is 27.5 Å². The first-order chi connectivity index (χ1) is 58.2. The van der Waals surface area contributed by atoms with Gasteiger partial charge in [-0.25, -0.2) is 0 Å². The number of rotatable bonds is 0. The standard InChI is InChI=1S/C25H4.C20H19N3.C20H20.C19H17NO.C19H19N.C12H20/c1-3-5-7-9-11-13-15-17-19-21-23-25-24-22-20-18-16-14-12-10-8-6-4-2;1-20(2,3)23-19-17-11-7-5-9-15(17)13-12-14-8-4-6-10-16(14)18(19)21-22-23;1-20(2,3)19-14-17-10-5-4-8-15(17)12-13-16-9-6-7-11-18(16)19;1-19(2,3)20-17-11-7-5-9-15(17)13-12-14-8-4-6-10-16(14)18(20)21;1-19(2,3)20-14-17-10-5-4-8-15(17)12-13-16-9-6-7-11-18(16)20;1-12(2,3)11-9-7-5-4-6-8-10-11/h1H,2H3;4-11,18-19H,1-3H3;4-11,19H,14H2,1-3H3;4-11H,1-3H3;4-11H,14H2,1-3H3;11H,4-7,9H2,1-3H3. The quantitative estimate of drug-likeness (QED) is 0.142. The third kappa shape index (κ3) is 26.7. The summed E-state index contributed by atoms with van der Waals surface area (Å²) in [5.41, 5.74) is 17.8. The summed E-state index contributed by atoms with van der Waals surface area (Å²) in [5.74, 6) is 91.1. The van der Waals surface area contributed by atoms with E-state index in [0.29, 0.717) is 22.8 Å². The van der Waals surface area contributed by atoms with Gasteiger partial charge in [-0.05, 0) is 295 Å². The van der Waals surface area contributed by atoms with E-state index >= 15 is 0 Å². The number of carbonyl (C=O) groups is 1. The molecule has 6 heteroatoms. The summed E-state index contributed by atoms with van der Waals surface area (Å²) in [6, 6.07) is 66.1. The number of benzene rings is 8. The fraction of sp³-hybridized carbons (Fsp3) is 0.278. The van der Waals surface area contributed by atoms with Crippen LogP contribution in [0.4, 0.5) is 11.4 Å². The fourth-order valence-corrected chi connectivity index (χ4v) is 13.8.